The molecule has 0 unspecified atom stereocenters. The molecule has 2 aliphatic rings. The summed E-state index contributed by atoms with van der Waals surface area (Å²) in [6, 6.07) is 4.06. The van der Waals surface area contributed by atoms with Gasteiger partial charge in [0.15, 0.2) is 9.84 Å². The molecule has 2 aliphatic heterocycles. The maximum atomic E-state index is 12.7. The van der Waals surface area contributed by atoms with Gasteiger partial charge >= 0.3 is 6.01 Å². The van der Waals surface area contributed by atoms with Crippen LogP contribution in [0, 0.1) is 12.8 Å². The molecule has 0 aromatic carbocycles. The van der Waals surface area contributed by atoms with Crippen molar-refractivity contribution in [3.05, 3.63) is 35.9 Å². The van der Waals surface area contributed by atoms with Gasteiger partial charge in [-0.2, -0.15) is 5.10 Å². The zero-order valence-electron chi connectivity index (χ0n) is 15.0. The standard InChI is InChI=1S/C17H23N5O3S/c1-13-8-15(21(2)20-13)9-22-11-17(12-22)14(4-7-26(17,23)24)10-25-16-18-5-3-6-19-16/h3,5-6,8,14H,4,7,9-12H2,1-2H3/t14-/m1/s1. The Hall–Kier alpha value is -2.00. The summed E-state index contributed by atoms with van der Waals surface area (Å²) in [6.45, 7) is 4.10. The van der Waals surface area contributed by atoms with Crippen molar-refractivity contribution in [3.8, 4) is 6.01 Å². The lowest BCUT2D eigenvalue weighted by molar-refractivity contribution is 0.0554. The molecule has 1 spiro atoms. The molecule has 1 atom stereocenters. The molecule has 2 aromatic heterocycles. The number of ether oxygens (including phenoxy) is 1. The first kappa shape index (κ1) is 17.4. The van der Waals surface area contributed by atoms with Crippen molar-refractivity contribution in [1.82, 2.24) is 24.6 Å². The summed E-state index contributed by atoms with van der Waals surface area (Å²) in [5, 5.41) is 4.36. The maximum absolute atomic E-state index is 12.7. The van der Waals surface area contributed by atoms with Gasteiger partial charge in [0.05, 0.1) is 23.7 Å². The lowest BCUT2D eigenvalue weighted by atomic mass is 9.83. The van der Waals surface area contributed by atoms with Crippen LogP contribution < -0.4 is 4.74 Å². The fraction of sp³-hybridized carbons (Fsp3) is 0.588. The van der Waals surface area contributed by atoms with Crippen LogP contribution in [0.25, 0.3) is 0 Å². The van der Waals surface area contributed by atoms with Crippen LogP contribution in [0.1, 0.15) is 17.8 Å². The normalized spacial score (nSPS) is 23.8. The Morgan fingerprint density at radius 1 is 1.31 bits per heavy atom. The smallest absolute Gasteiger partial charge is 0.316 e. The summed E-state index contributed by atoms with van der Waals surface area (Å²) in [6.07, 6.45) is 3.86. The Bertz CT molecular complexity index is 890. The van der Waals surface area contributed by atoms with E-state index in [-0.39, 0.29) is 11.7 Å². The third-order valence-corrected chi connectivity index (χ3v) is 8.12. The Morgan fingerprint density at radius 2 is 2.04 bits per heavy atom. The number of aromatic nitrogens is 4. The van der Waals surface area contributed by atoms with E-state index in [1.807, 2.05) is 24.7 Å². The number of rotatable bonds is 5. The summed E-state index contributed by atoms with van der Waals surface area (Å²) in [5.41, 5.74) is 2.07. The summed E-state index contributed by atoms with van der Waals surface area (Å²) >= 11 is 0. The molecule has 2 fully saturated rings. The molecule has 140 valence electrons. The molecule has 0 radical (unpaired) electrons. The molecular weight excluding hydrogens is 354 g/mol. The molecular formula is C17H23N5O3S. The van der Waals surface area contributed by atoms with E-state index in [9.17, 15) is 8.42 Å². The van der Waals surface area contributed by atoms with Crippen LogP contribution in [0.15, 0.2) is 24.5 Å². The van der Waals surface area contributed by atoms with Crippen molar-refractivity contribution in [1.29, 1.82) is 0 Å². The minimum atomic E-state index is -3.12. The summed E-state index contributed by atoms with van der Waals surface area (Å²) in [5.74, 6) is 0.204. The van der Waals surface area contributed by atoms with Crippen LogP contribution in [-0.4, -0.2) is 63.3 Å². The van der Waals surface area contributed by atoms with Gasteiger partial charge in [-0.1, -0.05) is 0 Å². The molecule has 9 heteroatoms. The van der Waals surface area contributed by atoms with E-state index in [0.29, 0.717) is 38.7 Å². The molecule has 2 saturated heterocycles. The molecule has 0 N–H and O–H groups in total. The van der Waals surface area contributed by atoms with Crippen LogP contribution in [0.5, 0.6) is 6.01 Å². The highest BCUT2D eigenvalue weighted by molar-refractivity contribution is 7.93. The Labute approximate surface area is 153 Å². The van der Waals surface area contributed by atoms with Gasteiger partial charge in [-0.25, -0.2) is 18.4 Å². The SMILES string of the molecule is Cc1cc(CN2CC3(C2)[C@@H](COc2ncccn2)CCS3(=O)=O)n(C)n1. The van der Waals surface area contributed by atoms with E-state index >= 15 is 0 Å². The van der Waals surface area contributed by atoms with Crippen LogP contribution >= 0.6 is 0 Å². The van der Waals surface area contributed by atoms with Crippen molar-refractivity contribution < 1.29 is 13.2 Å². The van der Waals surface area contributed by atoms with Crippen molar-refractivity contribution in [2.75, 3.05) is 25.4 Å². The van der Waals surface area contributed by atoms with E-state index < -0.39 is 14.6 Å². The summed E-state index contributed by atoms with van der Waals surface area (Å²) in [4.78, 5) is 10.3. The third kappa shape index (κ3) is 2.88. The fourth-order valence-corrected chi connectivity index (χ4v) is 6.56. The van der Waals surface area contributed by atoms with Crippen LogP contribution in [-0.2, 0) is 23.4 Å². The van der Waals surface area contributed by atoms with Gasteiger partial charge in [0.25, 0.3) is 0 Å². The second-order valence-corrected chi connectivity index (χ2v) is 9.71. The Morgan fingerprint density at radius 3 is 2.69 bits per heavy atom. The average Bonchev–Trinajstić information content (AvgIpc) is 3.02. The highest BCUT2D eigenvalue weighted by Gasteiger charge is 2.61. The van der Waals surface area contributed by atoms with Gasteiger partial charge in [-0.15, -0.1) is 0 Å². The number of nitrogens with zero attached hydrogens (tertiary/aromatic N) is 5. The van der Waals surface area contributed by atoms with Crippen LogP contribution in [0.3, 0.4) is 0 Å². The summed E-state index contributed by atoms with van der Waals surface area (Å²) < 4.78 is 32.3. The molecule has 4 rings (SSSR count). The van der Waals surface area contributed by atoms with Gasteiger partial charge in [-0.05, 0) is 25.5 Å². The number of hydrogen-bond acceptors (Lipinski definition) is 7. The largest absolute Gasteiger partial charge is 0.463 e. The molecule has 26 heavy (non-hydrogen) atoms. The predicted octanol–water partition coefficient (Wildman–Crippen LogP) is 0.587. The van der Waals surface area contributed by atoms with E-state index in [0.717, 1.165) is 11.4 Å². The first-order valence-electron chi connectivity index (χ1n) is 8.74. The highest BCUT2D eigenvalue weighted by Crippen LogP contribution is 2.45. The summed E-state index contributed by atoms with van der Waals surface area (Å²) in [7, 11) is -1.20. The maximum Gasteiger partial charge on any atom is 0.316 e. The molecule has 2 aromatic rings. The van der Waals surface area contributed by atoms with Crippen LogP contribution in [0.4, 0.5) is 0 Å². The first-order chi connectivity index (χ1) is 12.4. The number of hydrogen-bond donors (Lipinski definition) is 0. The van der Waals surface area contributed by atoms with Crippen molar-refractivity contribution in [2.45, 2.75) is 24.6 Å². The highest BCUT2D eigenvalue weighted by atomic mass is 32.2. The lowest BCUT2D eigenvalue weighted by Crippen LogP contribution is -2.67. The predicted molar refractivity (Wildman–Crippen MR) is 95.4 cm³/mol. The fourth-order valence-electron chi connectivity index (χ4n) is 4.11. The van der Waals surface area contributed by atoms with E-state index in [4.69, 9.17) is 4.74 Å². The van der Waals surface area contributed by atoms with E-state index in [1.54, 1.807) is 18.5 Å². The first-order valence-corrected chi connectivity index (χ1v) is 10.4. The second-order valence-electron chi connectivity index (χ2n) is 7.26. The third-order valence-electron chi connectivity index (χ3n) is 5.52. The van der Waals surface area contributed by atoms with Crippen molar-refractivity contribution in [2.24, 2.45) is 13.0 Å². The Kier molecular flexibility index (Phi) is 4.23. The average molecular weight is 377 g/mol. The van der Waals surface area contributed by atoms with E-state index in [2.05, 4.69) is 20.0 Å². The molecule has 0 aliphatic carbocycles. The van der Waals surface area contributed by atoms with Gasteiger partial charge in [0, 0.05) is 45.0 Å². The monoisotopic (exact) mass is 377 g/mol. The second kappa shape index (κ2) is 6.31. The van der Waals surface area contributed by atoms with E-state index in [1.165, 1.54) is 0 Å². The lowest BCUT2D eigenvalue weighted by Gasteiger charge is -2.49. The molecule has 0 saturated carbocycles. The molecule has 8 nitrogen and oxygen atoms in total. The number of aryl methyl sites for hydroxylation is 2. The Balaban J connectivity index is 1.44. The van der Waals surface area contributed by atoms with Gasteiger partial charge in [0.1, 0.15) is 4.75 Å². The minimum Gasteiger partial charge on any atom is -0.463 e. The van der Waals surface area contributed by atoms with Crippen LogP contribution in [0.2, 0.25) is 0 Å². The van der Waals surface area contributed by atoms with Crippen molar-refractivity contribution in [3.63, 3.8) is 0 Å². The zero-order chi connectivity index (χ0) is 18.4. The molecule has 0 bridgehead atoms. The topological polar surface area (TPSA) is 90.2 Å². The van der Waals surface area contributed by atoms with Crippen molar-refractivity contribution >= 4 is 9.84 Å². The quantitative estimate of drug-likeness (QED) is 0.753. The zero-order valence-corrected chi connectivity index (χ0v) is 15.8. The molecule has 0 amide bonds. The number of sulfone groups is 1. The number of likely N-dealkylation sites (tertiary alicyclic amines) is 1. The molecule has 4 heterocycles. The van der Waals surface area contributed by atoms with Gasteiger partial charge < -0.3 is 4.74 Å². The van der Waals surface area contributed by atoms with Gasteiger partial charge in [-0.3, -0.25) is 9.58 Å². The van der Waals surface area contributed by atoms with Gasteiger partial charge in [0.2, 0.25) is 0 Å². The minimum absolute atomic E-state index is 0.0270.